The van der Waals surface area contributed by atoms with Crippen LogP contribution in [-0.2, 0) is 10.0 Å². The molecule has 0 aliphatic carbocycles. The van der Waals surface area contributed by atoms with Gasteiger partial charge in [-0.3, -0.25) is 9.29 Å². The fourth-order valence-electron chi connectivity index (χ4n) is 3.96. The average molecular weight is 326 g/mol. The molecule has 0 saturated carbocycles. The van der Waals surface area contributed by atoms with E-state index in [2.05, 4.69) is 24.1 Å². The molecular weight excluding hydrogens is 303 g/mol. The molecule has 0 bridgehead atoms. The number of halogens is 1. The van der Waals surface area contributed by atoms with Crippen LogP contribution in [0.2, 0.25) is 0 Å². The number of benzene rings is 1. The first kappa shape index (κ1) is 15.9. The van der Waals surface area contributed by atoms with Crippen molar-refractivity contribution < 1.29 is 12.8 Å². The van der Waals surface area contributed by atoms with E-state index in [-0.39, 0.29) is 18.2 Å². The van der Waals surface area contributed by atoms with E-state index in [1.807, 2.05) is 18.2 Å². The van der Waals surface area contributed by atoms with Gasteiger partial charge in [-0.05, 0) is 30.9 Å². The van der Waals surface area contributed by atoms with Crippen LogP contribution in [0.15, 0.2) is 30.3 Å². The molecule has 2 saturated heterocycles. The largest absolute Gasteiger partial charge is 0.299 e. The van der Waals surface area contributed by atoms with E-state index in [1.54, 1.807) is 4.31 Å². The first-order valence-electron chi connectivity index (χ1n) is 7.82. The summed E-state index contributed by atoms with van der Waals surface area (Å²) in [5.41, 5.74) is 1.25. The van der Waals surface area contributed by atoms with Crippen molar-refractivity contribution in [2.75, 3.05) is 39.1 Å². The van der Waals surface area contributed by atoms with Crippen LogP contribution < -0.4 is 0 Å². The van der Waals surface area contributed by atoms with Gasteiger partial charge >= 0.3 is 0 Å². The number of likely N-dealkylation sites (tertiary alicyclic amines) is 1. The first-order chi connectivity index (χ1) is 10.5. The van der Waals surface area contributed by atoms with Gasteiger partial charge in [-0.1, -0.05) is 30.3 Å². The van der Waals surface area contributed by atoms with E-state index < -0.39 is 16.7 Å². The second-order valence-corrected chi connectivity index (χ2v) is 8.48. The lowest BCUT2D eigenvalue weighted by molar-refractivity contribution is 0.261. The van der Waals surface area contributed by atoms with Gasteiger partial charge in [0.15, 0.2) is 0 Å². The second-order valence-electron chi connectivity index (χ2n) is 6.39. The molecule has 3 atom stereocenters. The number of hydrogen-bond acceptors (Lipinski definition) is 3. The Labute approximate surface area is 132 Å². The molecule has 2 aliphatic rings. The van der Waals surface area contributed by atoms with Gasteiger partial charge in [0.2, 0.25) is 10.0 Å². The smallest absolute Gasteiger partial charge is 0.214 e. The molecule has 0 spiro atoms. The SMILES string of the molecule is CN1C[C@@H]2CN(S(=O)(=O)CCCF)C[C@H]2[C@H]1c1ccccc1. The normalized spacial score (nSPS) is 29.8. The Balaban J connectivity index is 1.77. The average Bonchev–Trinajstić information content (AvgIpc) is 3.03. The molecule has 122 valence electrons. The molecule has 0 aromatic heterocycles. The number of alkyl halides is 1. The van der Waals surface area contributed by atoms with Crippen LogP contribution in [0.4, 0.5) is 4.39 Å². The maximum Gasteiger partial charge on any atom is 0.214 e. The van der Waals surface area contributed by atoms with Crippen molar-refractivity contribution in [1.82, 2.24) is 9.21 Å². The van der Waals surface area contributed by atoms with Crippen LogP contribution in [0, 0.1) is 11.8 Å². The third-order valence-electron chi connectivity index (χ3n) is 4.93. The van der Waals surface area contributed by atoms with Crippen molar-refractivity contribution in [3.63, 3.8) is 0 Å². The number of sulfonamides is 1. The maximum atomic E-state index is 12.3. The van der Waals surface area contributed by atoms with E-state index in [9.17, 15) is 12.8 Å². The summed E-state index contributed by atoms with van der Waals surface area (Å²) in [4.78, 5) is 2.33. The van der Waals surface area contributed by atoms with Gasteiger partial charge in [0.1, 0.15) is 0 Å². The quantitative estimate of drug-likeness (QED) is 0.830. The summed E-state index contributed by atoms with van der Waals surface area (Å²) < 4.78 is 38.5. The zero-order chi connectivity index (χ0) is 15.7. The van der Waals surface area contributed by atoms with Gasteiger partial charge in [-0.15, -0.1) is 0 Å². The molecule has 0 unspecified atom stereocenters. The third kappa shape index (κ3) is 2.92. The Bertz CT molecular complexity index is 608. The highest BCUT2D eigenvalue weighted by Crippen LogP contribution is 2.44. The molecule has 2 heterocycles. The molecule has 3 rings (SSSR count). The maximum absolute atomic E-state index is 12.3. The topological polar surface area (TPSA) is 40.6 Å². The summed E-state index contributed by atoms with van der Waals surface area (Å²) in [5, 5.41) is 0. The van der Waals surface area contributed by atoms with Crippen molar-refractivity contribution in [2.24, 2.45) is 11.8 Å². The van der Waals surface area contributed by atoms with Crippen molar-refractivity contribution in [2.45, 2.75) is 12.5 Å². The Morgan fingerprint density at radius 1 is 1.18 bits per heavy atom. The van der Waals surface area contributed by atoms with Crippen molar-refractivity contribution in [1.29, 1.82) is 0 Å². The van der Waals surface area contributed by atoms with Crippen LogP contribution >= 0.6 is 0 Å². The summed E-state index contributed by atoms with van der Waals surface area (Å²) in [6, 6.07) is 10.6. The zero-order valence-corrected chi connectivity index (χ0v) is 13.7. The number of fused-ring (bicyclic) bond motifs is 1. The predicted molar refractivity (Wildman–Crippen MR) is 84.7 cm³/mol. The van der Waals surface area contributed by atoms with Gasteiger partial charge in [0.25, 0.3) is 0 Å². The van der Waals surface area contributed by atoms with Gasteiger partial charge in [0, 0.05) is 25.7 Å². The van der Waals surface area contributed by atoms with Crippen molar-refractivity contribution in [3.05, 3.63) is 35.9 Å². The lowest BCUT2D eigenvalue weighted by atomic mass is 9.90. The molecule has 0 radical (unpaired) electrons. The molecule has 22 heavy (non-hydrogen) atoms. The Morgan fingerprint density at radius 2 is 1.91 bits per heavy atom. The minimum absolute atomic E-state index is 0.0746. The summed E-state index contributed by atoms with van der Waals surface area (Å²) >= 11 is 0. The molecule has 4 nitrogen and oxygen atoms in total. The van der Waals surface area contributed by atoms with Gasteiger partial charge in [0.05, 0.1) is 12.4 Å². The van der Waals surface area contributed by atoms with Crippen LogP contribution in [0.1, 0.15) is 18.0 Å². The fourth-order valence-corrected chi connectivity index (χ4v) is 5.51. The molecule has 2 aliphatic heterocycles. The fraction of sp³-hybridized carbons (Fsp3) is 0.625. The van der Waals surface area contributed by atoms with E-state index in [4.69, 9.17) is 0 Å². The van der Waals surface area contributed by atoms with E-state index >= 15 is 0 Å². The van der Waals surface area contributed by atoms with E-state index in [0.717, 1.165) is 6.54 Å². The highest BCUT2D eigenvalue weighted by molar-refractivity contribution is 7.89. The number of rotatable bonds is 5. The summed E-state index contributed by atoms with van der Waals surface area (Å²) in [5.74, 6) is 0.623. The van der Waals surface area contributed by atoms with Crippen LogP contribution in [0.3, 0.4) is 0 Å². The summed E-state index contributed by atoms with van der Waals surface area (Å²) in [6.45, 7) is 1.48. The van der Waals surface area contributed by atoms with Gasteiger partial charge in [-0.2, -0.15) is 0 Å². The van der Waals surface area contributed by atoms with E-state index in [1.165, 1.54) is 5.56 Å². The lowest BCUT2D eigenvalue weighted by Gasteiger charge is -2.26. The van der Waals surface area contributed by atoms with Crippen LogP contribution in [0.5, 0.6) is 0 Å². The summed E-state index contributed by atoms with van der Waals surface area (Å²) in [7, 11) is -1.20. The third-order valence-corrected chi connectivity index (χ3v) is 6.82. The van der Waals surface area contributed by atoms with E-state index in [0.29, 0.717) is 24.9 Å². The molecular formula is C16H23FN2O2S. The number of hydrogen-bond donors (Lipinski definition) is 0. The first-order valence-corrected chi connectivity index (χ1v) is 9.43. The highest BCUT2D eigenvalue weighted by atomic mass is 32.2. The Hall–Kier alpha value is -0.980. The molecule has 6 heteroatoms. The van der Waals surface area contributed by atoms with Gasteiger partial charge in [-0.25, -0.2) is 12.7 Å². The molecule has 2 fully saturated rings. The molecule has 1 aromatic rings. The standard InChI is InChI=1S/C16H23FN2O2S/c1-18-10-14-11-19(22(20,21)9-5-8-17)12-15(14)16(18)13-6-3-2-4-7-13/h2-4,6-7,14-16H,5,8-12H2,1H3/t14-,15-,16-/m1/s1. The van der Waals surface area contributed by atoms with Crippen LogP contribution in [-0.4, -0.2) is 56.7 Å². The van der Waals surface area contributed by atoms with Crippen molar-refractivity contribution >= 4 is 10.0 Å². The lowest BCUT2D eigenvalue weighted by Crippen LogP contribution is -2.35. The minimum Gasteiger partial charge on any atom is -0.299 e. The zero-order valence-electron chi connectivity index (χ0n) is 12.9. The van der Waals surface area contributed by atoms with Gasteiger partial charge < -0.3 is 0 Å². The minimum atomic E-state index is -3.31. The molecule has 0 N–H and O–H groups in total. The second kappa shape index (κ2) is 6.26. The van der Waals surface area contributed by atoms with Crippen LogP contribution in [0.25, 0.3) is 0 Å². The Kier molecular flexibility index (Phi) is 4.52. The number of nitrogens with zero attached hydrogens (tertiary/aromatic N) is 2. The summed E-state index contributed by atoms with van der Waals surface area (Å²) in [6.07, 6.45) is 0.0934. The monoisotopic (exact) mass is 326 g/mol. The molecule has 0 amide bonds. The Morgan fingerprint density at radius 3 is 2.59 bits per heavy atom. The molecule has 1 aromatic carbocycles. The van der Waals surface area contributed by atoms with Crippen molar-refractivity contribution in [3.8, 4) is 0 Å². The highest BCUT2D eigenvalue weighted by Gasteiger charge is 2.48. The predicted octanol–water partition coefficient (Wildman–Crippen LogP) is 1.91.